The fourth-order valence-electron chi connectivity index (χ4n) is 3.33. The third kappa shape index (κ3) is 3.62. The van der Waals surface area contributed by atoms with Gasteiger partial charge in [-0.2, -0.15) is 5.10 Å². The third-order valence-corrected chi connectivity index (χ3v) is 4.59. The molecule has 0 radical (unpaired) electrons. The van der Waals surface area contributed by atoms with Crippen LogP contribution in [-0.2, 0) is 16.1 Å². The number of ether oxygens (including phenoxy) is 1. The number of carbonyl (C=O) groups is 2. The molecule has 1 N–H and O–H groups in total. The number of amides is 1. The SMILES string of the molecule is Cc1nn(Cc2ccccc2)c(C)c1C(=O)N1C[C@@H](C)O[C@@H](C(=O)O)C1. The van der Waals surface area contributed by atoms with Crippen molar-refractivity contribution in [3.8, 4) is 0 Å². The van der Waals surface area contributed by atoms with Crippen molar-refractivity contribution in [2.24, 2.45) is 0 Å². The van der Waals surface area contributed by atoms with Crippen molar-refractivity contribution in [2.45, 2.75) is 39.5 Å². The molecule has 1 aliphatic rings. The van der Waals surface area contributed by atoms with Gasteiger partial charge in [0.25, 0.3) is 5.91 Å². The van der Waals surface area contributed by atoms with Crippen LogP contribution in [0.4, 0.5) is 0 Å². The fraction of sp³-hybridized carbons (Fsp3) is 0.421. The standard InChI is InChI=1S/C19H23N3O4/c1-12-9-21(11-16(26-12)19(24)25)18(23)17-13(2)20-22(14(17)3)10-15-7-5-4-6-8-15/h4-8,12,16H,9-11H2,1-3H3,(H,24,25)/t12-,16-/m1/s1. The lowest BCUT2D eigenvalue weighted by Crippen LogP contribution is -2.52. The molecule has 26 heavy (non-hydrogen) atoms. The zero-order valence-corrected chi connectivity index (χ0v) is 15.2. The number of hydrogen-bond donors (Lipinski definition) is 1. The Balaban J connectivity index is 1.84. The van der Waals surface area contributed by atoms with Crippen LogP contribution in [0.2, 0.25) is 0 Å². The Hall–Kier alpha value is -2.67. The molecular formula is C19H23N3O4. The Morgan fingerprint density at radius 3 is 2.58 bits per heavy atom. The van der Waals surface area contributed by atoms with E-state index >= 15 is 0 Å². The van der Waals surface area contributed by atoms with Gasteiger partial charge in [0.15, 0.2) is 6.10 Å². The molecule has 2 aromatic rings. The molecule has 1 fully saturated rings. The maximum absolute atomic E-state index is 13.0. The van der Waals surface area contributed by atoms with Gasteiger partial charge in [-0.15, -0.1) is 0 Å². The molecule has 138 valence electrons. The number of carboxylic acid groups (broad SMARTS) is 1. The van der Waals surface area contributed by atoms with E-state index in [0.717, 1.165) is 11.3 Å². The lowest BCUT2D eigenvalue weighted by Gasteiger charge is -2.35. The van der Waals surface area contributed by atoms with Gasteiger partial charge in [0.2, 0.25) is 0 Å². The van der Waals surface area contributed by atoms with Gasteiger partial charge in [0.05, 0.1) is 30.5 Å². The molecule has 0 aliphatic carbocycles. The van der Waals surface area contributed by atoms with Crippen LogP contribution in [0.15, 0.2) is 30.3 Å². The number of aromatic nitrogens is 2. The summed E-state index contributed by atoms with van der Waals surface area (Å²) in [5.41, 5.74) is 3.07. The monoisotopic (exact) mass is 357 g/mol. The highest BCUT2D eigenvalue weighted by Crippen LogP contribution is 2.20. The smallest absolute Gasteiger partial charge is 0.334 e. The van der Waals surface area contributed by atoms with Crippen molar-refractivity contribution >= 4 is 11.9 Å². The Morgan fingerprint density at radius 1 is 1.23 bits per heavy atom. The van der Waals surface area contributed by atoms with Crippen LogP contribution in [0.3, 0.4) is 0 Å². The van der Waals surface area contributed by atoms with Crippen LogP contribution in [-0.4, -0.2) is 57.0 Å². The van der Waals surface area contributed by atoms with Crippen LogP contribution in [0, 0.1) is 13.8 Å². The highest BCUT2D eigenvalue weighted by Gasteiger charge is 2.34. The second-order valence-corrected chi connectivity index (χ2v) is 6.67. The van der Waals surface area contributed by atoms with Gasteiger partial charge < -0.3 is 14.7 Å². The fourth-order valence-corrected chi connectivity index (χ4v) is 3.33. The largest absolute Gasteiger partial charge is 0.479 e. The number of morpholine rings is 1. The van der Waals surface area contributed by atoms with E-state index in [1.54, 1.807) is 18.7 Å². The van der Waals surface area contributed by atoms with E-state index < -0.39 is 12.1 Å². The summed E-state index contributed by atoms with van der Waals surface area (Å²) in [5, 5.41) is 13.7. The van der Waals surface area contributed by atoms with Crippen LogP contribution in [0.1, 0.15) is 34.2 Å². The molecule has 2 atom stereocenters. The Morgan fingerprint density at radius 2 is 1.92 bits per heavy atom. The first-order valence-electron chi connectivity index (χ1n) is 8.62. The molecule has 1 aliphatic heterocycles. The number of carboxylic acids is 1. The van der Waals surface area contributed by atoms with Crippen LogP contribution >= 0.6 is 0 Å². The van der Waals surface area contributed by atoms with Gasteiger partial charge in [-0.05, 0) is 26.3 Å². The second kappa shape index (κ2) is 7.29. The lowest BCUT2D eigenvalue weighted by molar-refractivity contribution is -0.160. The number of benzene rings is 1. The molecule has 1 saturated heterocycles. The molecule has 0 saturated carbocycles. The normalized spacial score (nSPS) is 20.2. The number of aryl methyl sites for hydroxylation is 1. The maximum Gasteiger partial charge on any atom is 0.334 e. The van der Waals surface area contributed by atoms with E-state index in [1.807, 2.05) is 41.9 Å². The Bertz CT molecular complexity index is 816. The topological polar surface area (TPSA) is 84.7 Å². The minimum Gasteiger partial charge on any atom is -0.479 e. The molecule has 2 heterocycles. The molecule has 0 bridgehead atoms. The molecule has 1 aromatic carbocycles. The summed E-state index contributed by atoms with van der Waals surface area (Å²) in [6, 6.07) is 9.92. The number of carbonyl (C=O) groups excluding carboxylic acids is 1. The van der Waals surface area contributed by atoms with E-state index in [4.69, 9.17) is 4.74 Å². The number of nitrogens with zero attached hydrogens (tertiary/aromatic N) is 3. The third-order valence-electron chi connectivity index (χ3n) is 4.59. The van der Waals surface area contributed by atoms with Crippen molar-refractivity contribution in [3.63, 3.8) is 0 Å². The summed E-state index contributed by atoms with van der Waals surface area (Å²) >= 11 is 0. The van der Waals surface area contributed by atoms with Gasteiger partial charge in [0, 0.05) is 12.2 Å². The van der Waals surface area contributed by atoms with Crippen molar-refractivity contribution in [1.82, 2.24) is 14.7 Å². The molecule has 1 aromatic heterocycles. The summed E-state index contributed by atoms with van der Waals surface area (Å²) in [7, 11) is 0. The highest BCUT2D eigenvalue weighted by molar-refractivity contribution is 5.96. The predicted molar refractivity (Wildman–Crippen MR) is 95.1 cm³/mol. The molecule has 1 amide bonds. The minimum atomic E-state index is -1.05. The van der Waals surface area contributed by atoms with Crippen molar-refractivity contribution < 1.29 is 19.4 Å². The first kappa shape index (κ1) is 18.1. The average molecular weight is 357 g/mol. The average Bonchev–Trinajstić information content (AvgIpc) is 2.88. The number of hydrogen-bond acceptors (Lipinski definition) is 4. The second-order valence-electron chi connectivity index (χ2n) is 6.67. The highest BCUT2D eigenvalue weighted by atomic mass is 16.5. The summed E-state index contributed by atoms with van der Waals surface area (Å²) in [6.45, 7) is 6.44. The van der Waals surface area contributed by atoms with Gasteiger partial charge in [-0.3, -0.25) is 9.48 Å². The van der Waals surface area contributed by atoms with Gasteiger partial charge in [-0.1, -0.05) is 30.3 Å². The van der Waals surface area contributed by atoms with Gasteiger partial charge in [0.1, 0.15) is 0 Å². The van der Waals surface area contributed by atoms with E-state index in [1.165, 1.54) is 0 Å². The summed E-state index contributed by atoms with van der Waals surface area (Å²) < 4.78 is 7.21. The number of aliphatic carboxylic acids is 1. The Labute approximate surface area is 152 Å². The molecule has 0 unspecified atom stereocenters. The van der Waals surface area contributed by atoms with E-state index in [2.05, 4.69) is 5.10 Å². The first-order chi connectivity index (χ1) is 12.4. The molecule has 0 spiro atoms. The summed E-state index contributed by atoms with van der Waals surface area (Å²) in [5.74, 6) is -1.25. The molecular weight excluding hydrogens is 334 g/mol. The van der Waals surface area contributed by atoms with Crippen LogP contribution in [0.25, 0.3) is 0 Å². The van der Waals surface area contributed by atoms with Gasteiger partial charge >= 0.3 is 5.97 Å². The summed E-state index contributed by atoms with van der Waals surface area (Å²) in [6.07, 6.45) is -1.32. The van der Waals surface area contributed by atoms with E-state index in [9.17, 15) is 14.7 Å². The zero-order chi connectivity index (χ0) is 18.8. The van der Waals surface area contributed by atoms with Gasteiger partial charge in [-0.25, -0.2) is 4.79 Å². The quantitative estimate of drug-likeness (QED) is 0.903. The Kier molecular flexibility index (Phi) is 5.08. The van der Waals surface area contributed by atoms with E-state index in [-0.39, 0.29) is 18.6 Å². The van der Waals surface area contributed by atoms with Crippen molar-refractivity contribution in [2.75, 3.05) is 13.1 Å². The maximum atomic E-state index is 13.0. The van der Waals surface area contributed by atoms with E-state index in [0.29, 0.717) is 24.3 Å². The molecule has 7 nitrogen and oxygen atoms in total. The zero-order valence-electron chi connectivity index (χ0n) is 15.2. The van der Waals surface area contributed by atoms with Crippen molar-refractivity contribution in [1.29, 1.82) is 0 Å². The van der Waals surface area contributed by atoms with Crippen molar-refractivity contribution in [3.05, 3.63) is 52.8 Å². The summed E-state index contributed by atoms with van der Waals surface area (Å²) in [4.78, 5) is 25.9. The molecule has 3 rings (SSSR count). The minimum absolute atomic E-state index is 0.0429. The molecule has 7 heteroatoms. The number of rotatable bonds is 4. The predicted octanol–water partition coefficient (Wildman–Crippen LogP) is 1.86. The van der Waals surface area contributed by atoms with Crippen LogP contribution < -0.4 is 0 Å². The first-order valence-corrected chi connectivity index (χ1v) is 8.62. The lowest BCUT2D eigenvalue weighted by atomic mass is 10.1. The van der Waals surface area contributed by atoms with Crippen LogP contribution in [0.5, 0.6) is 0 Å².